The van der Waals surface area contributed by atoms with Crippen LogP contribution >= 0.6 is 0 Å². The van der Waals surface area contributed by atoms with Gasteiger partial charge < -0.3 is 10.1 Å². The van der Waals surface area contributed by atoms with Crippen molar-refractivity contribution in [3.8, 4) is 0 Å². The van der Waals surface area contributed by atoms with E-state index in [0.717, 1.165) is 17.8 Å². The Balaban J connectivity index is 2.39. The van der Waals surface area contributed by atoms with Gasteiger partial charge in [-0.2, -0.15) is 5.10 Å². The maximum atomic E-state index is 12.1. The number of nitrogens with one attached hydrogen (secondary N) is 1. The highest BCUT2D eigenvalue weighted by Gasteiger charge is 2.17. The molecule has 0 aliphatic carbocycles. The number of amides is 1. The van der Waals surface area contributed by atoms with Crippen molar-refractivity contribution in [3.05, 3.63) is 28.7 Å². The van der Waals surface area contributed by atoms with Crippen molar-refractivity contribution in [1.29, 1.82) is 0 Å². The molecule has 0 unspecified atom stereocenters. The second-order valence-corrected chi connectivity index (χ2v) is 4.66. The highest BCUT2D eigenvalue weighted by molar-refractivity contribution is 5.99. The van der Waals surface area contributed by atoms with Crippen molar-refractivity contribution in [2.24, 2.45) is 0 Å². The average Bonchev–Trinajstić information content (AvgIpc) is 2.83. The van der Waals surface area contributed by atoms with Crippen LogP contribution in [0.3, 0.4) is 0 Å². The second kappa shape index (κ2) is 6.00. The van der Waals surface area contributed by atoms with Gasteiger partial charge in [0.05, 0.1) is 12.8 Å². The summed E-state index contributed by atoms with van der Waals surface area (Å²) in [6, 6.07) is 0. The molecule has 20 heavy (non-hydrogen) atoms. The number of methoxy groups -OCH3 is 1. The Bertz CT molecular complexity index is 634. The molecule has 0 radical (unpaired) electrons. The highest BCUT2D eigenvalue weighted by atomic mass is 16.5. The standard InChI is InChI=1S/C14H20N4O2/c1-5-11-9(2)17-13-12(8-16-18(13)10(11)3)14(19)15-6-7-20-4/h8H,5-7H2,1-4H3,(H,15,19). The van der Waals surface area contributed by atoms with Crippen LogP contribution in [0.1, 0.15) is 34.2 Å². The van der Waals surface area contributed by atoms with Gasteiger partial charge in [0.2, 0.25) is 0 Å². The average molecular weight is 276 g/mol. The Morgan fingerprint density at radius 3 is 2.85 bits per heavy atom. The zero-order chi connectivity index (χ0) is 14.7. The van der Waals surface area contributed by atoms with Crippen LogP contribution in [0.25, 0.3) is 5.65 Å². The molecule has 0 saturated heterocycles. The van der Waals surface area contributed by atoms with Gasteiger partial charge in [-0.15, -0.1) is 0 Å². The molecule has 0 atom stereocenters. The molecule has 2 heterocycles. The number of aromatic nitrogens is 3. The molecule has 6 nitrogen and oxygen atoms in total. The molecule has 0 aliphatic rings. The van der Waals surface area contributed by atoms with Crippen molar-refractivity contribution in [3.63, 3.8) is 0 Å². The quantitative estimate of drug-likeness (QED) is 0.835. The lowest BCUT2D eigenvalue weighted by Crippen LogP contribution is -2.27. The third-order valence-electron chi connectivity index (χ3n) is 3.40. The number of hydrogen-bond acceptors (Lipinski definition) is 4. The van der Waals surface area contributed by atoms with E-state index in [9.17, 15) is 4.79 Å². The Morgan fingerprint density at radius 1 is 1.45 bits per heavy atom. The fourth-order valence-electron chi connectivity index (χ4n) is 2.34. The minimum Gasteiger partial charge on any atom is -0.383 e. The van der Waals surface area contributed by atoms with Crippen molar-refractivity contribution >= 4 is 11.6 Å². The molecule has 2 rings (SSSR count). The van der Waals surface area contributed by atoms with Crippen molar-refractivity contribution in [2.45, 2.75) is 27.2 Å². The molecule has 0 aromatic carbocycles. The van der Waals surface area contributed by atoms with Crippen LogP contribution in [0.4, 0.5) is 0 Å². The number of hydrogen-bond donors (Lipinski definition) is 1. The minimum atomic E-state index is -0.174. The van der Waals surface area contributed by atoms with Crippen LogP contribution in [0.2, 0.25) is 0 Å². The number of rotatable bonds is 5. The van der Waals surface area contributed by atoms with Gasteiger partial charge in [0.1, 0.15) is 5.56 Å². The molecule has 108 valence electrons. The molecule has 1 N–H and O–H groups in total. The Labute approximate surface area is 118 Å². The minimum absolute atomic E-state index is 0.174. The van der Waals surface area contributed by atoms with Gasteiger partial charge in [0.15, 0.2) is 5.65 Å². The van der Waals surface area contributed by atoms with E-state index in [0.29, 0.717) is 24.4 Å². The van der Waals surface area contributed by atoms with Crippen LogP contribution in [-0.4, -0.2) is 40.8 Å². The second-order valence-electron chi connectivity index (χ2n) is 4.66. The summed E-state index contributed by atoms with van der Waals surface area (Å²) in [5.41, 5.74) is 4.25. The Morgan fingerprint density at radius 2 is 2.20 bits per heavy atom. The molecule has 0 bridgehead atoms. The molecule has 2 aromatic rings. The van der Waals surface area contributed by atoms with Gasteiger partial charge >= 0.3 is 0 Å². The van der Waals surface area contributed by atoms with Gasteiger partial charge in [-0.1, -0.05) is 6.92 Å². The van der Waals surface area contributed by atoms with E-state index < -0.39 is 0 Å². The van der Waals surface area contributed by atoms with Crippen LogP contribution in [0.15, 0.2) is 6.20 Å². The predicted molar refractivity (Wildman–Crippen MR) is 76.0 cm³/mol. The molecular weight excluding hydrogens is 256 g/mol. The first-order chi connectivity index (χ1) is 9.60. The summed E-state index contributed by atoms with van der Waals surface area (Å²) in [5.74, 6) is -0.174. The van der Waals surface area contributed by atoms with Crippen LogP contribution in [0.5, 0.6) is 0 Å². The van der Waals surface area contributed by atoms with E-state index in [1.807, 2.05) is 13.8 Å². The Kier molecular flexibility index (Phi) is 4.34. The zero-order valence-electron chi connectivity index (χ0n) is 12.4. The summed E-state index contributed by atoms with van der Waals surface area (Å²) in [7, 11) is 1.60. The lowest BCUT2D eigenvalue weighted by molar-refractivity contribution is 0.0938. The van der Waals surface area contributed by atoms with Gasteiger partial charge in [-0.3, -0.25) is 4.79 Å². The number of ether oxygens (including phenoxy) is 1. The first-order valence-electron chi connectivity index (χ1n) is 6.71. The first-order valence-corrected chi connectivity index (χ1v) is 6.71. The highest BCUT2D eigenvalue weighted by Crippen LogP contribution is 2.17. The third-order valence-corrected chi connectivity index (χ3v) is 3.40. The fraction of sp³-hybridized carbons (Fsp3) is 0.500. The van der Waals surface area contributed by atoms with Crippen molar-refractivity contribution < 1.29 is 9.53 Å². The summed E-state index contributed by atoms with van der Waals surface area (Å²) in [6.45, 7) is 7.00. The Hall–Kier alpha value is -1.95. The molecule has 6 heteroatoms. The lowest BCUT2D eigenvalue weighted by Gasteiger charge is -2.09. The van der Waals surface area contributed by atoms with Gasteiger partial charge in [0.25, 0.3) is 5.91 Å². The van der Waals surface area contributed by atoms with Crippen LogP contribution < -0.4 is 5.32 Å². The lowest BCUT2D eigenvalue weighted by atomic mass is 10.1. The normalized spacial score (nSPS) is 11.0. The third kappa shape index (κ3) is 2.51. The van der Waals surface area contributed by atoms with E-state index in [1.54, 1.807) is 17.8 Å². The smallest absolute Gasteiger partial charge is 0.256 e. The van der Waals surface area contributed by atoms with E-state index in [1.165, 1.54) is 5.56 Å². The van der Waals surface area contributed by atoms with Crippen LogP contribution in [-0.2, 0) is 11.2 Å². The molecule has 0 aliphatic heterocycles. The number of carbonyl (C=O) groups excluding carboxylic acids is 1. The monoisotopic (exact) mass is 276 g/mol. The maximum absolute atomic E-state index is 12.1. The summed E-state index contributed by atoms with van der Waals surface area (Å²) in [6.07, 6.45) is 2.46. The van der Waals surface area contributed by atoms with Gasteiger partial charge in [-0.05, 0) is 25.8 Å². The summed E-state index contributed by atoms with van der Waals surface area (Å²) in [5, 5.41) is 7.07. The SMILES string of the molecule is CCc1c(C)nc2c(C(=O)NCCOC)cnn2c1C. The number of nitrogens with zero attached hydrogens (tertiary/aromatic N) is 3. The number of fused-ring (bicyclic) bond motifs is 1. The molecule has 1 amide bonds. The molecular formula is C14H20N4O2. The predicted octanol–water partition coefficient (Wildman–Crippen LogP) is 1.28. The van der Waals surface area contributed by atoms with Crippen molar-refractivity contribution in [1.82, 2.24) is 19.9 Å². The molecule has 0 spiro atoms. The van der Waals surface area contributed by atoms with Crippen LogP contribution in [0, 0.1) is 13.8 Å². The zero-order valence-corrected chi connectivity index (χ0v) is 12.4. The number of carbonyl (C=O) groups is 1. The number of aryl methyl sites for hydroxylation is 2. The van der Waals surface area contributed by atoms with E-state index >= 15 is 0 Å². The van der Waals surface area contributed by atoms with Gasteiger partial charge in [-0.25, -0.2) is 9.50 Å². The summed E-state index contributed by atoms with van der Waals surface area (Å²) in [4.78, 5) is 16.6. The van der Waals surface area contributed by atoms with E-state index in [4.69, 9.17) is 4.74 Å². The molecule has 0 saturated carbocycles. The summed E-state index contributed by atoms with van der Waals surface area (Å²) < 4.78 is 6.65. The van der Waals surface area contributed by atoms with Crippen molar-refractivity contribution in [2.75, 3.05) is 20.3 Å². The fourth-order valence-corrected chi connectivity index (χ4v) is 2.34. The molecule has 2 aromatic heterocycles. The maximum Gasteiger partial charge on any atom is 0.256 e. The largest absolute Gasteiger partial charge is 0.383 e. The van der Waals surface area contributed by atoms with E-state index in [-0.39, 0.29) is 5.91 Å². The topological polar surface area (TPSA) is 68.5 Å². The first kappa shape index (κ1) is 14.5. The molecule has 0 fully saturated rings. The van der Waals surface area contributed by atoms with E-state index in [2.05, 4.69) is 22.3 Å². The summed E-state index contributed by atoms with van der Waals surface area (Å²) >= 11 is 0. The van der Waals surface area contributed by atoms with Gasteiger partial charge in [0, 0.05) is 25.0 Å².